The van der Waals surface area contributed by atoms with Gasteiger partial charge in [-0.2, -0.15) is 0 Å². The van der Waals surface area contributed by atoms with E-state index >= 15 is 0 Å². The molecular formula is C24H41NO2. The monoisotopic (exact) mass is 375 g/mol. The van der Waals surface area contributed by atoms with Crippen LogP contribution in [0, 0.1) is 11.8 Å². The fourth-order valence-corrected chi connectivity index (χ4v) is 3.83. The number of amides is 1. The van der Waals surface area contributed by atoms with E-state index in [1.807, 2.05) is 6.07 Å². The van der Waals surface area contributed by atoms with E-state index < -0.39 is 0 Å². The van der Waals surface area contributed by atoms with E-state index in [1.54, 1.807) is 0 Å². The number of benzene rings is 1. The number of unbranched alkanes of at least 4 members (excludes halogenated alkanes) is 2. The van der Waals surface area contributed by atoms with Crippen LogP contribution in [0.2, 0.25) is 0 Å². The molecule has 2 atom stereocenters. The van der Waals surface area contributed by atoms with Crippen molar-refractivity contribution < 1.29 is 9.53 Å². The third-order valence-corrected chi connectivity index (χ3v) is 5.78. The number of methoxy groups -OCH3 is 1. The Kier molecular flexibility index (Phi) is 11.9. The summed E-state index contributed by atoms with van der Waals surface area (Å²) >= 11 is 0. The van der Waals surface area contributed by atoms with Gasteiger partial charge >= 0.3 is 6.09 Å². The summed E-state index contributed by atoms with van der Waals surface area (Å²) in [5, 5.41) is 2.96. The molecular weight excluding hydrogens is 334 g/mol. The zero-order chi connectivity index (χ0) is 20.1. The molecule has 1 amide bonds. The van der Waals surface area contributed by atoms with Crippen molar-refractivity contribution in [1.82, 2.24) is 0 Å². The maximum atomic E-state index is 11.9. The van der Waals surface area contributed by atoms with Crippen LogP contribution in [-0.2, 0) is 17.6 Å². The SMILES string of the molecule is CCCCC(CC)Cc1cccc(NC(=O)OC)c1CC(CC)CCCC. The Morgan fingerprint density at radius 3 is 2.07 bits per heavy atom. The molecule has 0 bridgehead atoms. The molecule has 1 N–H and O–H groups in total. The maximum absolute atomic E-state index is 11.9. The highest BCUT2D eigenvalue weighted by atomic mass is 16.5. The normalized spacial score (nSPS) is 13.2. The topological polar surface area (TPSA) is 38.3 Å². The van der Waals surface area contributed by atoms with Gasteiger partial charge in [0.15, 0.2) is 0 Å². The third-order valence-electron chi connectivity index (χ3n) is 5.78. The fourth-order valence-electron chi connectivity index (χ4n) is 3.83. The van der Waals surface area contributed by atoms with Gasteiger partial charge in [-0.25, -0.2) is 4.79 Å². The van der Waals surface area contributed by atoms with Crippen LogP contribution in [0.1, 0.15) is 90.2 Å². The molecule has 0 radical (unpaired) electrons. The van der Waals surface area contributed by atoms with E-state index in [1.165, 1.54) is 69.6 Å². The Bertz CT molecular complexity index is 541. The minimum Gasteiger partial charge on any atom is -0.453 e. The quantitative estimate of drug-likeness (QED) is 0.390. The summed E-state index contributed by atoms with van der Waals surface area (Å²) in [7, 11) is 1.42. The highest BCUT2D eigenvalue weighted by Gasteiger charge is 2.18. The first-order valence-corrected chi connectivity index (χ1v) is 11.0. The first-order valence-electron chi connectivity index (χ1n) is 11.0. The standard InChI is InChI=1S/C24H41NO2/c1-6-10-13-19(8-3)17-21-15-12-16-23(25-24(26)27-5)22(21)18-20(9-4)14-11-7-2/h12,15-16,19-20H,6-11,13-14,17-18H2,1-5H3,(H,25,26). The minimum absolute atomic E-state index is 0.381. The summed E-state index contributed by atoms with van der Waals surface area (Å²) < 4.78 is 4.85. The highest BCUT2D eigenvalue weighted by Crippen LogP contribution is 2.30. The lowest BCUT2D eigenvalue weighted by Crippen LogP contribution is -2.16. The van der Waals surface area contributed by atoms with Crippen molar-refractivity contribution in [2.24, 2.45) is 11.8 Å². The van der Waals surface area contributed by atoms with Crippen LogP contribution in [0.3, 0.4) is 0 Å². The first kappa shape index (κ1) is 23.5. The molecule has 1 rings (SSSR count). The van der Waals surface area contributed by atoms with Crippen LogP contribution in [0.15, 0.2) is 18.2 Å². The predicted octanol–water partition coefficient (Wildman–Crippen LogP) is 7.38. The summed E-state index contributed by atoms with van der Waals surface area (Å²) in [4.78, 5) is 11.9. The van der Waals surface area contributed by atoms with Crippen LogP contribution in [0.5, 0.6) is 0 Å². The van der Waals surface area contributed by atoms with E-state index in [0.29, 0.717) is 11.8 Å². The summed E-state index contributed by atoms with van der Waals surface area (Å²) in [5.41, 5.74) is 3.65. The smallest absolute Gasteiger partial charge is 0.411 e. The van der Waals surface area contributed by atoms with Crippen molar-refractivity contribution >= 4 is 11.8 Å². The van der Waals surface area contributed by atoms with E-state index in [0.717, 1.165) is 18.5 Å². The number of rotatable bonds is 13. The average molecular weight is 376 g/mol. The number of anilines is 1. The maximum Gasteiger partial charge on any atom is 0.411 e. The second-order valence-corrected chi connectivity index (χ2v) is 7.80. The largest absolute Gasteiger partial charge is 0.453 e. The van der Waals surface area contributed by atoms with Crippen molar-refractivity contribution in [2.75, 3.05) is 12.4 Å². The summed E-state index contributed by atoms with van der Waals surface area (Å²) in [6.07, 6.45) is 11.7. The van der Waals surface area contributed by atoms with Crippen LogP contribution >= 0.6 is 0 Å². The number of carbonyl (C=O) groups excluding carboxylic acids is 1. The van der Waals surface area contributed by atoms with Crippen molar-refractivity contribution in [3.05, 3.63) is 29.3 Å². The lowest BCUT2D eigenvalue weighted by atomic mass is 9.84. The molecule has 0 aromatic heterocycles. The molecule has 3 heteroatoms. The lowest BCUT2D eigenvalue weighted by Gasteiger charge is -2.23. The zero-order valence-corrected chi connectivity index (χ0v) is 18.3. The number of hydrogen-bond donors (Lipinski definition) is 1. The van der Waals surface area contributed by atoms with Gasteiger partial charge in [-0.05, 0) is 41.9 Å². The molecule has 154 valence electrons. The van der Waals surface area contributed by atoms with Gasteiger partial charge in [-0.3, -0.25) is 5.32 Å². The van der Waals surface area contributed by atoms with Gasteiger partial charge in [0.2, 0.25) is 0 Å². The number of ether oxygens (including phenoxy) is 1. The van der Waals surface area contributed by atoms with Gasteiger partial charge in [-0.15, -0.1) is 0 Å². The predicted molar refractivity (Wildman–Crippen MR) is 116 cm³/mol. The molecule has 3 nitrogen and oxygen atoms in total. The van der Waals surface area contributed by atoms with Gasteiger partial charge in [0.1, 0.15) is 0 Å². The molecule has 1 aromatic rings. The van der Waals surface area contributed by atoms with Crippen LogP contribution in [0.25, 0.3) is 0 Å². The summed E-state index contributed by atoms with van der Waals surface area (Å²) in [6, 6.07) is 6.36. The number of hydrogen-bond acceptors (Lipinski definition) is 2. The molecule has 0 spiro atoms. The van der Waals surface area contributed by atoms with Gasteiger partial charge < -0.3 is 4.74 Å². The van der Waals surface area contributed by atoms with Crippen LogP contribution in [-0.4, -0.2) is 13.2 Å². The minimum atomic E-state index is -0.381. The second-order valence-electron chi connectivity index (χ2n) is 7.80. The molecule has 0 aliphatic carbocycles. The molecule has 0 aliphatic rings. The van der Waals surface area contributed by atoms with Crippen LogP contribution < -0.4 is 5.32 Å². The fraction of sp³-hybridized carbons (Fsp3) is 0.708. The highest BCUT2D eigenvalue weighted by molar-refractivity contribution is 5.85. The Labute approximate surface area is 167 Å². The molecule has 2 unspecified atom stereocenters. The van der Waals surface area contributed by atoms with Crippen LogP contribution in [0.4, 0.5) is 10.5 Å². The third kappa shape index (κ3) is 8.36. The van der Waals surface area contributed by atoms with Crippen molar-refractivity contribution in [2.45, 2.75) is 91.9 Å². The van der Waals surface area contributed by atoms with Gasteiger partial charge in [0.25, 0.3) is 0 Å². The van der Waals surface area contributed by atoms with Gasteiger partial charge in [0, 0.05) is 5.69 Å². The number of carbonyl (C=O) groups is 1. The van der Waals surface area contributed by atoms with E-state index in [-0.39, 0.29) is 6.09 Å². The molecule has 0 fully saturated rings. The van der Waals surface area contributed by atoms with Crippen molar-refractivity contribution in [3.8, 4) is 0 Å². The van der Waals surface area contributed by atoms with E-state index in [2.05, 4.69) is 45.1 Å². The molecule has 0 aliphatic heterocycles. The molecule has 27 heavy (non-hydrogen) atoms. The van der Waals surface area contributed by atoms with Crippen molar-refractivity contribution in [1.29, 1.82) is 0 Å². The molecule has 0 saturated carbocycles. The second kappa shape index (κ2) is 13.6. The molecule has 0 heterocycles. The van der Waals surface area contributed by atoms with Crippen molar-refractivity contribution in [3.63, 3.8) is 0 Å². The molecule has 1 aromatic carbocycles. The van der Waals surface area contributed by atoms with E-state index in [9.17, 15) is 4.79 Å². The Morgan fingerprint density at radius 2 is 1.56 bits per heavy atom. The Morgan fingerprint density at radius 1 is 0.963 bits per heavy atom. The van der Waals surface area contributed by atoms with Gasteiger partial charge in [-0.1, -0.05) is 91.2 Å². The first-order chi connectivity index (χ1) is 13.1. The zero-order valence-electron chi connectivity index (χ0n) is 18.3. The Hall–Kier alpha value is -1.51. The number of nitrogens with one attached hydrogen (secondary N) is 1. The summed E-state index contributed by atoms with van der Waals surface area (Å²) in [6.45, 7) is 9.10. The Balaban J connectivity index is 3.11. The summed E-state index contributed by atoms with van der Waals surface area (Å²) in [5.74, 6) is 1.38. The lowest BCUT2D eigenvalue weighted by molar-refractivity contribution is 0.187. The average Bonchev–Trinajstić information content (AvgIpc) is 2.69. The van der Waals surface area contributed by atoms with E-state index in [4.69, 9.17) is 4.74 Å². The van der Waals surface area contributed by atoms with Gasteiger partial charge in [0.05, 0.1) is 7.11 Å². The molecule has 0 saturated heterocycles.